The third-order valence-corrected chi connectivity index (χ3v) is 8.25. The number of nitrogens with two attached hydrogens (primary N) is 1. The van der Waals surface area contributed by atoms with Crippen LogP contribution in [0.5, 0.6) is 0 Å². The molecule has 236 valence electrons. The van der Waals surface area contributed by atoms with E-state index in [0.29, 0.717) is 55.4 Å². The van der Waals surface area contributed by atoms with Crippen molar-refractivity contribution in [2.45, 2.75) is 64.8 Å². The van der Waals surface area contributed by atoms with Crippen LogP contribution in [0, 0.1) is 11.8 Å². The third kappa shape index (κ3) is 8.15. The summed E-state index contributed by atoms with van der Waals surface area (Å²) < 4.78 is 46.3. The quantitative estimate of drug-likeness (QED) is 0.388. The number of ether oxygens (including phenoxy) is 1. The van der Waals surface area contributed by atoms with E-state index in [1.807, 2.05) is 30.9 Å². The molecule has 3 atom stereocenters. The van der Waals surface area contributed by atoms with Gasteiger partial charge < -0.3 is 25.2 Å². The zero-order chi connectivity index (χ0) is 31.7. The fourth-order valence-electron chi connectivity index (χ4n) is 5.93. The van der Waals surface area contributed by atoms with E-state index in [9.17, 15) is 22.8 Å². The minimum atomic E-state index is -4.47. The number of alkyl halides is 3. The van der Waals surface area contributed by atoms with Gasteiger partial charge in [0.1, 0.15) is 5.60 Å². The number of hydrogen-bond donors (Lipinski definition) is 1. The molecule has 0 saturated carbocycles. The van der Waals surface area contributed by atoms with E-state index in [1.54, 1.807) is 42.7 Å². The molecule has 4 rings (SSSR count). The number of piperazine rings is 1. The average molecular weight is 623 g/mol. The van der Waals surface area contributed by atoms with Crippen LogP contribution in [-0.4, -0.2) is 66.7 Å². The highest BCUT2D eigenvalue weighted by Crippen LogP contribution is 2.38. The minimum Gasteiger partial charge on any atom is -0.444 e. The predicted octanol–water partition coefficient (Wildman–Crippen LogP) is 6.70. The molecule has 0 bridgehead atoms. The average Bonchev–Trinajstić information content (AvgIpc) is 3.37. The lowest BCUT2D eigenvalue weighted by Gasteiger charge is -2.39. The summed E-state index contributed by atoms with van der Waals surface area (Å²) in [5, 5.41) is 0.584. The van der Waals surface area contributed by atoms with E-state index in [4.69, 9.17) is 22.1 Å². The summed E-state index contributed by atoms with van der Waals surface area (Å²) in [6.45, 7) is 11.7. The summed E-state index contributed by atoms with van der Waals surface area (Å²) in [5.74, 6) is -0.547. The smallest absolute Gasteiger partial charge is 0.416 e. The van der Waals surface area contributed by atoms with Crippen molar-refractivity contribution in [2.24, 2.45) is 17.6 Å². The van der Waals surface area contributed by atoms with Gasteiger partial charge in [-0.3, -0.25) is 4.79 Å². The summed E-state index contributed by atoms with van der Waals surface area (Å²) in [6.07, 6.45) is -4.38. The molecule has 2 aromatic carbocycles. The first-order valence-electron chi connectivity index (χ1n) is 14.8. The molecule has 43 heavy (non-hydrogen) atoms. The number of hydrogen-bond acceptors (Lipinski definition) is 5. The van der Waals surface area contributed by atoms with Crippen molar-refractivity contribution >= 4 is 29.3 Å². The van der Waals surface area contributed by atoms with Crippen LogP contribution in [0.2, 0.25) is 5.02 Å². The van der Waals surface area contributed by atoms with Crippen molar-refractivity contribution in [1.29, 1.82) is 0 Å². The van der Waals surface area contributed by atoms with Crippen LogP contribution in [-0.2, 0) is 15.7 Å². The molecule has 7 nitrogen and oxygen atoms in total. The van der Waals surface area contributed by atoms with Crippen molar-refractivity contribution in [3.8, 4) is 0 Å². The number of carbonyl (C=O) groups excluding carboxylic acids is 2. The fraction of sp³-hybridized carbons (Fsp3) is 0.562. The molecule has 0 aliphatic carbocycles. The predicted molar refractivity (Wildman–Crippen MR) is 162 cm³/mol. The Kier molecular flexibility index (Phi) is 9.91. The lowest BCUT2D eigenvalue weighted by molar-refractivity contribution is -0.138. The molecule has 2 N–H and O–H groups in total. The summed E-state index contributed by atoms with van der Waals surface area (Å²) in [4.78, 5) is 32.3. The van der Waals surface area contributed by atoms with E-state index >= 15 is 0 Å². The molecule has 0 aromatic heterocycles. The molecule has 2 aliphatic heterocycles. The van der Waals surface area contributed by atoms with Crippen LogP contribution in [0.1, 0.15) is 69.7 Å². The van der Waals surface area contributed by atoms with Gasteiger partial charge in [0.05, 0.1) is 11.5 Å². The fourth-order valence-corrected chi connectivity index (χ4v) is 6.06. The van der Waals surface area contributed by atoms with Crippen molar-refractivity contribution < 1.29 is 27.5 Å². The Bertz CT molecular complexity index is 1290. The number of rotatable bonds is 6. The van der Waals surface area contributed by atoms with Crippen molar-refractivity contribution in [3.63, 3.8) is 0 Å². The van der Waals surface area contributed by atoms with E-state index in [0.717, 1.165) is 11.6 Å². The summed E-state index contributed by atoms with van der Waals surface area (Å²) in [5.41, 5.74) is 7.09. The highest BCUT2D eigenvalue weighted by atomic mass is 35.5. The first-order valence-corrected chi connectivity index (χ1v) is 15.1. The van der Waals surface area contributed by atoms with E-state index in [2.05, 4.69) is 0 Å². The number of likely N-dealkylation sites (tertiary alicyclic amines) is 1. The van der Waals surface area contributed by atoms with Gasteiger partial charge >= 0.3 is 12.3 Å². The van der Waals surface area contributed by atoms with E-state index in [1.165, 1.54) is 12.1 Å². The first-order chi connectivity index (χ1) is 20.0. The van der Waals surface area contributed by atoms with Crippen LogP contribution < -0.4 is 10.6 Å². The van der Waals surface area contributed by atoms with E-state index in [-0.39, 0.29) is 24.3 Å². The standard InChI is InChI=1S/C32H42ClF3N4O3/c1-20(2)16-27(37)24-17-22(32(34,35)36)8-11-28(24)38-12-14-39(15-13-38)29(41)26-19-40(30(42)43-31(3,4)5)18-25(26)21-6-9-23(33)10-7-21/h6-11,17,20,25-27H,12-16,18-19,37H2,1-5H3/t25-,26+,27-/m0/s1. The lowest BCUT2D eigenvalue weighted by Crippen LogP contribution is -2.51. The van der Waals surface area contributed by atoms with Gasteiger partial charge in [0.2, 0.25) is 5.91 Å². The highest BCUT2D eigenvalue weighted by molar-refractivity contribution is 6.30. The molecule has 11 heteroatoms. The number of amides is 2. The number of benzene rings is 2. The molecule has 2 aliphatic rings. The van der Waals surface area contributed by atoms with Crippen molar-refractivity contribution in [1.82, 2.24) is 9.80 Å². The first kappa shape index (κ1) is 32.9. The Balaban J connectivity index is 1.52. The summed E-state index contributed by atoms with van der Waals surface area (Å²) >= 11 is 6.11. The Labute approximate surface area is 257 Å². The number of anilines is 1. The van der Waals surface area contributed by atoms with Gasteiger partial charge in [-0.25, -0.2) is 4.79 Å². The third-order valence-electron chi connectivity index (χ3n) is 8.00. The SMILES string of the molecule is CC(C)C[C@H](N)c1cc(C(F)(F)F)ccc1N1CCN(C(=O)[C@@H]2CN(C(=O)OC(C)(C)C)C[C@H]2c2ccc(Cl)cc2)CC1. The number of carbonyl (C=O) groups is 2. The Morgan fingerprint density at radius 2 is 1.60 bits per heavy atom. The highest BCUT2D eigenvalue weighted by Gasteiger charge is 2.44. The second kappa shape index (κ2) is 12.9. The molecule has 2 fully saturated rings. The Morgan fingerprint density at radius 1 is 0.977 bits per heavy atom. The largest absolute Gasteiger partial charge is 0.444 e. The van der Waals surface area contributed by atoms with Crippen LogP contribution in [0.25, 0.3) is 0 Å². The van der Waals surface area contributed by atoms with Gasteiger partial charge in [-0.05, 0) is 74.6 Å². The van der Waals surface area contributed by atoms with Crippen LogP contribution in [0.3, 0.4) is 0 Å². The number of halogens is 4. The molecule has 2 aromatic rings. The molecule has 0 spiro atoms. The maximum Gasteiger partial charge on any atom is 0.416 e. The maximum absolute atomic E-state index is 14.0. The van der Waals surface area contributed by atoms with E-state index < -0.39 is 35.4 Å². The normalized spacial score (nSPS) is 20.5. The summed E-state index contributed by atoms with van der Waals surface area (Å²) in [7, 11) is 0. The van der Waals surface area contributed by atoms with Gasteiger partial charge in [0.25, 0.3) is 0 Å². The molecule has 2 saturated heterocycles. The topological polar surface area (TPSA) is 79.1 Å². The Morgan fingerprint density at radius 3 is 2.16 bits per heavy atom. The van der Waals surface area contributed by atoms with Gasteiger partial charge in [0.15, 0.2) is 0 Å². The molecule has 2 amide bonds. The zero-order valence-electron chi connectivity index (χ0n) is 25.5. The lowest BCUT2D eigenvalue weighted by atomic mass is 9.88. The second-order valence-corrected chi connectivity index (χ2v) is 13.4. The van der Waals surface area contributed by atoms with Gasteiger partial charge in [0, 0.05) is 61.9 Å². The van der Waals surface area contributed by atoms with Crippen molar-refractivity contribution in [3.05, 3.63) is 64.2 Å². The van der Waals surface area contributed by atoms with Crippen LogP contribution in [0.4, 0.5) is 23.7 Å². The number of nitrogens with zero attached hydrogens (tertiary/aromatic N) is 3. The summed E-state index contributed by atoms with van der Waals surface area (Å²) in [6, 6.07) is 10.5. The minimum absolute atomic E-state index is 0.0604. The monoisotopic (exact) mass is 622 g/mol. The van der Waals surface area contributed by atoms with Crippen LogP contribution >= 0.6 is 11.6 Å². The molecular weight excluding hydrogens is 581 g/mol. The second-order valence-electron chi connectivity index (χ2n) is 13.0. The Hall–Kier alpha value is -2.98. The maximum atomic E-state index is 14.0. The zero-order valence-corrected chi connectivity index (χ0v) is 26.2. The molecular formula is C32H42ClF3N4O3. The molecule has 0 unspecified atom stereocenters. The molecule has 2 heterocycles. The van der Waals surface area contributed by atoms with Gasteiger partial charge in [-0.1, -0.05) is 37.6 Å². The van der Waals surface area contributed by atoms with Crippen molar-refractivity contribution in [2.75, 3.05) is 44.2 Å². The van der Waals surface area contributed by atoms with Gasteiger partial charge in [-0.2, -0.15) is 13.2 Å². The van der Waals surface area contributed by atoms with Gasteiger partial charge in [-0.15, -0.1) is 0 Å². The van der Waals surface area contributed by atoms with Crippen LogP contribution in [0.15, 0.2) is 42.5 Å². The molecule has 0 radical (unpaired) electrons.